The summed E-state index contributed by atoms with van der Waals surface area (Å²) in [5.41, 5.74) is 1.36. The van der Waals surface area contributed by atoms with Crippen LogP contribution in [0.1, 0.15) is 44.9 Å². The predicted octanol–water partition coefficient (Wildman–Crippen LogP) is 2.70. The van der Waals surface area contributed by atoms with Gasteiger partial charge in [-0.05, 0) is 69.2 Å². The van der Waals surface area contributed by atoms with Gasteiger partial charge < -0.3 is 33.2 Å². The molecular weight excluding hydrogens is 632 g/mol. The molecule has 1 aliphatic heterocycles. The quantitative estimate of drug-likeness (QED) is 0.184. The Labute approximate surface area is 274 Å². The van der Waals surface area contributed by atoms with Crippen LogP contribution < -0.4 is 33.8 Å². The summed E-state index contributed by atoms with van der Waals surface area (Å²) in [6.45, 7) is 6.92. The van der Waals surface area contributed by atoms with Crippen LogP contribution in [0, 0.1) is 0 Å². The number of carbonyl (C=O) groups is 3. The maximum atomic E-state index is 14.1. The molecule has 2 aromatic carbocycles. The number of esters is 3. The van der Waals surface area contributed by atoms with E-state index < -0.39 is 29.5 Å². The van der Waals surface area contributed by atoms with Gasteiger partial charge in [0.25, 0.3) is 5.56 Å². The average molecular weight is 669 g/mol. The van der Waals surface area contributed by atoms with Crippen molar-refractivity contribution in [3.05, 3.63) is 78.5 Å². The molecule has 0 spiro atoms. The molecule has 0 N–H and O–H groups in total. The number of rotatable bonds is 14. The zero-order valence-electron chi connectivity index (χ0n) is 26.9. The average Bonchev–Trinajstić information content (AvgIpc) is 3.36. The summed E-state index contributed by atoms with van der Waals surface area (Å²) < 4.78 is 39.2. The van der Waals surface area contributed by atoms with Gasteiger partial charge in [-0.15, -0.1) is 0 Å². The Balaban J connectivity index is 1.81. The number of aromatic nitrogens is 1. The first-order valence-electron chi connectivity index (χ1n) is 14.8. The van der Waals surface area contributed by atoms with Crippen molar-refractivity contribution in [2.24, 2.45) is 4.99 Å². The predicted molar refractivity (Wildman–Crippen MR) is 171 cm³/mol. The van der Waals surface area contributed by atoms with Crippen molar-refractivity contribution < 1.29 is 47.5 Å². The smallest absolute Gasteiger partial charge is 0.344 e. The molecule has 14 heteroatoms. The van der Waals surface area contributed by atoms with Crippen LogP contribution in [0.15, 0.2) is 57.5 Å². The Hall–Kier alpha value is -5.11. The van der Waals surface area contributed by atoms with E-state index in [-0.39, 0.29) is 44.4 Å². The van der Waals surface area contributed by atoms with Crippen LogP contribution in [0.25, 0.3) is 6.08 Å². The van der Waals surface area contributed by atoms with Crippen LogP contribution in [0.3, 0.4) is 0 Å². The normalized spacial score (nSPS) is 14.1. The van der Waals surface area contributed by atoms with Crippen molar-refractivity contribution in [1.82, 2.24) is 4.57 Å². The summed E-state index contributed by atoms with van der Waals surface area (Å²) in [5.74, 6) is -0.404. The number of carbonyl (C=O) groups excluding carboxylic acids is 3. The van der Waals surface area contributed by atoms with Crippen LogP contribution in [-0.2, 0) is 28.6 Å². The van der Waals surface area contributed by atoms with Gasteiger partial charge in [0.15, 0.2) is 41.0 Å². The fraction of sp³-hybridized carbons (Fsp3) is 0.364. The van der Waals surface area contributed by atoms with Crippen LogP contribution in [0.2, 0.25) is 0 Å². The fourth-order valence-corrected chi connectivity index (χ4v) is 5.82. The zero-order valence-corrected chi connectivity index (χ0v) is 27.8. The number of hydrogen-bond acceptors (Lipinski definition) is 13. The van der Waals surface area contributed by atoms with Crippen molar-refractivity contribution in [3.8, 4) is 23.0 Å². The minimum absolute atomic E-state index is 0.124. The lowest BCUT2D eigenvalue weighted by Crippen LogP contribution is -2.40. The van der Waals surface area contributed by atoms with Gasteiger partial charge >= 0.3 is 17.9 Å². The SMILES string of the molecule is CCOC(=O)COc1ccc(/C=c2\sc3n(c2=O)[C@@H](c2ccc(OCC(=O)OC)c(OCC)c2)C(C(=O)OCC)=C(C)N=3)cc1OC. The lowest BCUT2D eigenvalue weighted by Gasteiger charge is -2.25. The van der Waals surface area contributed by atoms with E-state index in [1.54, 1.807) is 70.2 Å². The molecule has 0 aliphatic carbocycles. The van der Waals surface area contributed by atoms with Gasteiger partial charge in [0, 0.05) is 0 Å². The van der Waals surface area contributed by atoms with E-state index in [1.165, 1.54) is 18.8 Å². The van der Waals surface area contributed by atoms with E-state index in [2.05, 4.69) is 9.73 Å². The van der Waals surface area contributed by atoms with E-state index in [4.69, 9.17) is 28.4 Å². The number of hydrogen-bond donors (Lipinski definition) is 0. The molecule has 0 fully saturated rings. The van der Waals surface area contributed by atoms with Crippen molar-refractivity contribution in [2.75, 3.05) is 47.3 Å². The van der Waals surface area contributed by atoms with Crippen LogP contribution >= 0.6 is 11.3 Å². The molecule has 4 rings (SSSR count). The lowest BCUT2D eigenvalue weighted by atomic mass is 9.95. The Morgan fingerprint density at radius 3 is 2.19 bits per heavy atom. The summed E-state index contributed by atoms with van der Waals surface area (Å²) in [7, 11) is 2.72. The molecule has 13 nitrogen and oxygen atoms in total. The summed E-state index contributed by atoms with van der Waals surface area (Å²) in [5, 5.41) is 0. The molecule has 1 aliphatic rings. The highest BCUT2D eigenvalue weighted by atomic mass is 32.1. The topological polar surface area (TPSA) is 150 Å². The molecular formula is C33H36N2O11S. The number of fused-ring (bicyclic) bond motifs is 1. The second kappa shape index (κ2) is 15.9. The van der Waals surface area contributed by atoms with Crippen LogP contribution in [0.4, 0.5) is 0 Å². The number of thiazole rings is 1. The third kappa shape index (κ3) is 8.01. The summed E-state index contributed by atoms with van der Waals surface area (Å²) in [4.78, 5) is 55.8. The minimum Gasteiger partial charge on any atom is -0.493 e. The molecule has 0 saturated heterocycles. The summed E-state index contributed by atoms with van der Waals surface area (Å²) in [6.07, 6.45) is 1.68. The van der Waals surface area contributed by atoms with Crippen LogP contribution in [-0.4, -0.2) is 69.7 Å². The monoisotopic (exact) mass is 668 g/mol. The van der Waals surface area contributed by atoms with Crippen molar-refractivity contribution in [3.63, 3.8) is 0 Å². The first kappa shape index (κ1) is 34.8. The van der Waals surface area contributed by atoms with Gasteiger partial charge in [-0.1, -0.05) is 23.5 Å². The Kier molecular flexibility index (Phi) is 11.8. The Morgan fingerprint density at radius 2 is 1.53 bits per heavy atom. The molecule has 0 unspecified atom stereocenters. The number of ether oxygens (including phenoxy) is 7. The minimum atomic E-state index is -0.908. The highest BCUT2D eigenvalue weighted by Crippen LogP contribution is 2.36. The second-order valence-corrected chi connectivity index (χ2v) is 10.8. The largest absolute Gasteiger partial charge is 0.493 e. The second-order valence-electron chi connectivity index (χ2n) is 9.81. The number of nitrogens with zero attached hydrogens (tertiary/aromatic N) is 2. The Bertz CT molecular complexity index is 1860. The first-order valence-corrected chi connectivity index (χ1v) is 15.6. The van der Waals surface area contributed by atoms with Crippen molar-refractivity contribution in [1.29, 1.82) is 0 Å². The third-order valence-corrected chi connectivity index (χ3v) is 7.79. The Morgan fingerprint density at radius 1 is 0.851 bits per heavy atom. The molecule has 0 radical (unpaired) electrons. The van der Waals surface area contributed by atoms with Gasteiger partial charge in [0.1, 0.15) is 0 Å². The highest BCUT2D eigenvalue weighted by Gasteiger charge is 2.34. The molecule has 1 atom stereocenters. The van der Waals surface area contributed by atoms with E-state index in [0.717, 1.165) is 11.3 Å². The maximum Gasteiger partial charge on any atom is 0.344 e. The maximum absolute atomic E-state index is 14.1. The molecule has 47 heavy (non-hydrogen) atoms. The van der Waals surface area contributed by atoms with Gasteiger partial charge in [-0.3, -0.25) is 9.36 Å². The molecule has 250 valence electrons. The van der Waals surface area contributed by atoms with E-state index in [9.17, 15) is 19.2 Å². The number of benzene rings is 2. The van der Waals surface area contributed by atoms with Crippen molar-refractivity contribution >= 4 is 35.3 Å². The number of methoxy groups -OCH3 is 2. The first-order chi connectivity index (χ1) is 22.6. The molecule has 3 aromatic rings. The lowest BCUT2D eigenvalue weighted by molar-refractivity contribution is -0.145. The third-order valence-electron chi connectivity index (χ3n) is 6.81. The van der Waals surface area contributed by atoms with Gasteiger partial charge in [0.2, 0.25) is 0 Å². The zero-order chi connectivity index (χ0) is 34.1. The van der Waals surface area contributed by atoms with E-state index in [0.29, 0.717) is 43.4 Å². The molecule has 0 bridgehead atoms. The number of allylic oxidation sites excluding steroid dienone is 1. The van der Waals surface area contributed by atoms with Crippen LogP contribution in [0.5, 0.6) is 23.0 Å². The molecule has 1 aromatic heterocycles. The van der Waals surface area contributed by atoms with E-state index in [1.807, 2.05) is 0 Å². The summed E-state index contributed by atoms with van der Waals surface area (Å²) in [6, 6.07) is 9.07. The molecule has 2 heterocycles. The fourth-order valence-electron chi connectivity index (χ4n) is 4.77. The van der Waals surface area contributed by atoms with Gasteiger partial charge in [0.05, 0.1) is 55.9 Å². The molecule has 0 saturated carbocycles. The van der Waals surface area contributed by atoms with Gasteiger partial charge in [-0.2, -0.15) is 0 Å². The highest BCUT2D eigenvalue weighted by molar-refractivity contribution is 7.07. The van der Waals surface area contributed by atoms with E-state index >= 15 is 0 Å². The standard InChI is InChI=1S/C33H36N2O11S/c1-7-42-25-16-21(11-13-23(25)45-17-27(36)41-6)30-29(32(39)44-9-3)19(4)34-33-35(30)31(38)26(47-33)15-20-10-12-22(24(14-20)40-5)46-18-28(37)43-8-2/h10-16,30H,7-9,17-18H2,1-6H3/b26-15-/t30-/m0/s1. The van der Waals surface area contributed by atoms with Crippen molar-refractivity contribution in [2.45, 2.75) is 33.7 Å². The van der Waals surface area contributed by atoms with Gasteiger partial charge in [-0.25, -0.2) is 19.4 Å². The molecule has 0 amide bonds. The summed E-state index contributed by atoms with van der Waals surface area (Å²) >= 11 is 1.16.